The molecule has 2 rings (SSSR count). The van der Waals surface area contributed by atoms with E-state index in [0.717, 1.165) is 5.69 Å². The number of benzene rings is 1. The Labute approximate surface area is 121 Å². The second-order valence-electron chi connectivity index (χ2n) is 6.43. The molecule has 20 heavy (non-hydrogen) atoms. The minimum absolute atomic E-state index is 0.306. The highest BCUT2D eigenvalue weighted by Gasteiger charge is 2.34. The van der Waals surface area contributed by atoms with E-state index in [1.165, 1.54) is 24.8 Å². The van der Waals surface area contributed by atoms with Crippen LogP contribution >= 0.6 is 0 Å². The third-order valence-corrected chi connectivity index (χ3v) is 4.39. The number of carbonyl (C=O) groups excluding carboxylic acids is 1. The van der Waals surface area contributed by atoms with Gasteiger partial charge in [0.05, 0.1) is 0 Å². The maximum absolute atomic E-state index is 10.8. The van der Waals surface area contributed by atoms with Crippen molar-refractivity contribution in [3.63, 3.8) is 0 Å². The van der Waals surface area contributed by atoms with Gasteiger partial charge < -0.3 is 16.4 Å². The molecule has 2 unspecified atom stereocenters. The van der Waals surface area contributed by atoms with Gasteiger partial charge in [-0.25, -0.2) is 4.79 Å². The maximum atomic E-state index is 10.8. The highest BCUT2D eigenvalue weighted by molar-refractivity contribution is 5.87. The van der Waals surface area contributed by atoms with E-state index in [-0.39, 0.29) is 0 Å². The van der Waals surface area contributed by atoms with E-state index in [4.69, 9.17) is 5.73 Å². The fraction of sp³-hybridized carbons (Fsp3) is 0.562. The van der Waals surface area contributed by atoms with Gasteiger partial charge in [0.2, 0.25) is 0 Å². The molecule has 110 valence electrons. The molecule has 0 saturated heterocycles. The third kappa shape index (κ3) is 3.51. The Morgan fingerprint density at radius 1 is 1.35 bits per heavy atom. The zero-order valence-electron chi connectivity index (χ0n) is 12.6. The molecule has 4 nitrogen and oxygen atoms in total. The molecular weight excluding hydrogens is 250 g/mol. The highest BCUT2D eigenvalue weighted by atomic mass is 16.2. The molecule has 1 fully saturated rings. The van der Waals surface area contributed by atoms with Gasteiger partial charge in [-0.15, -0.1) is 0 Å². The van der Waals surface area contributed by atoms with Crippen LogP contribution in [0.3, 0.4) is 0 Å². The first-order chi connectivity index (χ1) is 9.38. The lowest BCUT2D eigenvalue weighted by Crippen LogP contribution is -2.39. The minimum Gasteiger partial charge on any atom is -0.351 e. The second-order valence-corrected chi connectivity index (χ2v) is 6.43. The van der Waals surface area contributed by atoms with Gasteiger partial charge in [0.15, 0.2) is 0 Å². The summed E-state index contributed by atoms with van der Waals surface area (Å²) < 4.78 is 0. The number of carbonyl (C=O) groups is 1. The number of hydrogen-bond donors (Lipinski definition) is 3. The molecule has 2 atom stereocenters. The van der Waals surface area contributed by atoms with Crippen LogP contribution in [-0.2, 0) is 0 Å². The zero-order valence-corrected chi connectivity index (χ0v) is 12.6. The maximum Gasteiger partial charge on any atom is 0.316 e. The summed E-state index contributed by atoms with van der Waals surface area (Å²) in [6, 6.07) is 8.18. The first-order valence-corrected chi connectivity index (χ1v) is 7.31. The van der Waals surface area contributed by atoms with Crippen LogP contribution in [0.15, 0.2) is 24.3 Å². The lowest BCUT2D eigenvalue weighted by atomic mass is 9.86. The monoisotopic (exact) mass is 275 g/mol. The topological polar surface area (TPSA) is 67.2 Å². The second kappa shape index (κ2) is 5.83. The Balaban J connectivity index is 1.98. The van der Waals surface area contributed by atoms with Crippen LogP contribution in [0.4, 0.5) is 10.5 Å². The fourth-order valence-corrected chi connectivity index (χ4v) is 3.03. The largest absolute Gasteiger partial charge is 0.351 e. The van der Waals surface area contributed by atoms with Crippen molar-refractivity contribution in [2.45, 2.75) is 52.1 Å². The molecule has 0 spiro atoms. The number of anilines is 1. The van der Waals surface area contributed by atoms with E-state index in [1.807, 2.05) is 24.3 Å². The average molecular weight is 275 g/mol. The van der Waals surface area contributed by atoms with Gasteiger partial charge >= 0.3 is 6.03 Å². The van der Waals surface area contributed by atoms with Crippen molar-refractivity contribution < 1.29 is 4.79 Å². The Hall–Kier alpha value is -1.55. The summed E-state index contributed by atoms with van der Waals surface area (Å²) >= 11 is 0. The standard InChI is InChI=1S/C16H25N3O/c1-11(18-14-5-4-10-16(14,2)3)12-6-8-13(9-7-12)19-15(17)20/h6-9,11,14,18H,4-5,10H2,1-3H3,(H3,17,19,20). The molecule has 2 amide bonds. The zero-order chi connectivity index (χ0) is 14.8. The van der Waals surface area contributed by atoms with Crippen molar-refractivity contribution in [1.29, 1.82) is 0 Å². The number of urea groups is 1. The van der Waals surface area contributed by atoms with Crippen molar-refractivity contribution in [2.24, 2.45) is 11.1 Å². The predicted molar refractivity (Wildman–Crippen MR) is 82.6 cm³/mol. The average Bonchev–Trinajstić information content (AvgIpc) is 2.69. The Kier molecular flexibility index (Phi) is 4.33. The van der Waals surface area contributed by atoms with Gasteiger partial charge in [0, 0.05) is 17.8 Å². The summed E-state index contributed by atoms with van der Waals surface area (Å²) in [4.78, 5) is 10.8. The molecule has 0 radical (unpaired) electrons. The van der Waals surface area contributed by atoms with E-state index in [2.05, 4.69) is 31.4 Å². The van der Waals surface area contributed by atoms with E-state index in [0.29, 0.717) is 17.5 Å². The minimum atomic E-state index is -0.531. The molecule has 1 aliphatic carbocycles. The number of rotatable bonds is 4. The molecule has 0 aliphatic heterocycles. The van der Waals surface area contributed by atoms with E-state index in [9.17, 15) is 4.79 Å². The summed E-state index contributed by atoms with van der Waals surface area (Å²) in [6.45, 7) is 6.86. The van der Waals surface area contributed by atoms with Crippen LogP contribution in [0.5, 0.6) is 0 Å². The van der Waals surface area contributed by atoms with Crippen molar-refractivity contribution in [3.8, 4) is 0 Å². The molecule has 1 aromatic carbocycles. The molecule has 1 aromatic rings. The molecule has 0 aromatic heterocycles. The Bertz CT molecular complexity index is 467. The van der Waals surface area contributed by atoms with Gasteiger partial charge in [-0.2, -0.15) is 0 Å². The first-order valence-electron chi connectivity index (χ1n) is 7.31. The normalized spacial score (nSPS) is 22.4. The summed E-state index contributed by atoms with van der Waals surface area (Å²) in [7, 11) is 0. The van der Waals surface area contributed by atoms with Crippen LogP contribution in [0.25, 0.3) is 0 Å². The summed E-state index contributed by atoms with van der Waals surface area (Å²) in [5, 5.41) is 6.31. The lowest BCUT2D eigenvalue weighted by molar-refractivity contribution is 0.259. The van der Waals surface area contributed by atoms with Crippen molar-refractivity contribution in [1.82, 2.24) is 5.32 Å². The molecule has 0 bridgehead atoms. The number of nitrogens with one attached hydrogen (secondary N) is 2. The number of primary amides is 1. The van der Waals surface area contributed by atoms with Crippen LogP contribution in [-0.4, -0.2) is 12.1 Å². The van der Waals surface area contributed by atoms with Crippen LogP contribution in [0, 0.1) is 5.41 Å². The van der Waals surface area contributed by atoms with Gasteiger partial charge in [0.25, 0.3) is 0 Å². The lowest BCUT2D eigenvalue weighted by Gasteiger charge is -2.31. The van der Waals surface area contributed by atoms with Crippen LogP contribution in [0.1, 0.15) is 51.6 Å². The Morgan fingerprint density at radius 2 is 2.00 bits per heavy atom. The van der Waals surface area contributed by atoms with Crippen LogP contribution in [0.2, 0.25) is 0 Å². The van der Waals surface area contributed by atoms with Gasteiger partial charge in [-0.05, 0) is 42.9 Å². The van der Waals surface area contributed by atoms with E-state index < -0.39 is 6.03 Å². The first kappa shape index (κ1) is 14.9. The highest BCUT2D eigenvalue weighted by Crippen LogP contribution is 2.38. The summed E-state index contributed by atoms with van der Waals surface area (Å²) in [5.74, 6) is 0. The third-order valence-electron chi connectivity index (χ3n) is 4.39. The van der Waals surface area contributed by atoms with Crippen molar-refractivity contribution >= 4 is 11.7 Å². The van der Waals surface area contributed by atoms with Gasteiger partial charge in [-0.1, -0.05) is 32.4 Å². The summed E-state index contributed by atoms with van der Waals surface area (Å²) in [5.41, 5.74) is 7.43. The predicted octanol–water partition coefficient (Wildman–Crippen LogP) is 3.41. The van der Waals surface area contributed by atoms with Crippen molar-refractivity contribution in [3.05, 3.63) is 29.8 Å². The molecule has 4 N–H and O–H groups in total. The van der Waals surface area contributed by atoms with Crippen molar-refractivity contribution in [2.75, 3.05) is 5.32 Å². The van der Waals surface area contributed by atoms with Crippen LogP contribution < -0.4 is 16.4 Å². The molecule has 1 aliphatic rings. The molecular formula is C16H25N3O. The SMILES string of the molecule is CC(NC1CCCC1(C)C)c1ccc(NC(N)=O)cc1. The summed E-state index contributed by atoms with van der Waals surface area (Å²) in [6.07, 6.45) is 3.84. The molecule has 0 heterocycles. The van der Waals surface area contributed by atoms with E-state index >= 15 is 0 Å². The molecule has 1 saturated carbocycles. The quantitative estimate of drug-likeness (QED) is 0.788. The fourth-order valence-electron chi connectivity index (χ4n) is 3.03. The van der Waals surface area contributed by atoms with Gasteiger partial charge in [-0.3, -0.25) is 0 Å². The van der Waals surface area contributed by atoms with Gasteiger partial charge in [0.1, 0.15) is 0 Å². The molecule has 4 heteroatoms. The number of nitrogens with two attached hydrogens (primary N) is 1. The van der Waals surface area contributed by atoms with E-state index in [1.54, 1.807) is 0 Å². The number of amides is 2. The smallest absolute Gasteiger partial charge is 0.316 e. The number of hydrogen-bond acceptors (Lipinski definition) is 2. The Morgan fingerprint density at radius 3 is 2.50 bits per heavy atom.